The standard InChI is InChI=1S/C12H11BrN4O3/c1-2-14-11-10(17(18)19)12(16-7-15-11)20-9-5-3-8(13)4-6-9/h3-7H,2H2,1H3,(H,14,15,16). The fourth-order valence-corrected chi connectivity index (χ4v) is 1.78. The number of rotatable bonds is 5. The van der Waals surface area contributed by atoms with Gasteiger partial charge in [0.05, 0.1) is 4.92 Å². The molecule has 0 aliphatic carbocycles. The molecule has 1 aromatic carbocycles. The van der Waals surface area contributed by atoms with Crippen LogP contribution >= 0.6 is 15.9 Å². The molecule has 0 aliphatic heterocycles. The van der Waals surface area contributed by atoms with E-state index in [1.165, 1.54) is 6.33 Å². The minimum absolute atomic E-state index is 0.0942. The van der Waals surface area contributed by atoms with E-state index in [9.17, 15) is 10.1 Å². The molecule has 1 N–H and O–H groups in total. The van der Waals surface area contributed by atoms with E-state index in [2.05, 4.69) is 31.2 Å². The third-order valence-corrected chi connectivity index (χ3v) is 2.87. The monoisotopic (exact) mass is 338 g/mol. The highest BCUT2D eigenvalue weighted by Crippen LogP contribution is 2.34. The van der Waals surface area contributed by atoms with Crippen molar-refractivity contribution in [2.24, 2.45) is 0 Å². The van der Waals surface area contributed by atoms with Crippen molar-refractivity contribution in [3.8, 4) is 11.6 Å². The van der Waals surface area contributed by atoms with Gasteiger partial charge in [0, 0.05) is 11.0 Å². The molecule has 104 valence electrons. The smallest absolute Gasteiger partial charge is 0.373 e. The van der Waals surface area contributed by atoms with Crippen LogP contribution in [0.5, 0.6) is 11.6 Å². The van der Waals surface area contributed by atoms with Gasteiger partial charge in [-0.25, -0.2) is 4.98 Å². The average Bonchev–Trinajstić information content (AvgIpc) is 2.41. The van der Waals surface area contributed by atoms with E-state index < -0.39 is 4.92 Å². The van der Waals surface area contributed by atoms with Crippen molar-refractivity contribution in [2.75, 3.05) is 11.9 Å². The van der Waals surface area contributed by atoms with Gasteiger partial charge in [-0.05, 0) is 31.2 Å². The zero-order valence-corrected chi connectivity index (χ0v) is 12.1. The molecular weight excluding hydrogens is 328 g/mol. The molecule has 2 rings (SSSR count). The summed E-state index contributed by atoms with van der Waals surface area (Å²) in [5.74, 6) is 0.500. The first kappa shape index (κ1) is 14.2. The molecule has 0 atom stereocenters. The number of benzene rings is 1. The Morgan fingerprint density at radius 1 is 1.35 bits per heavy atom. The molecule has 0 radical (unpaired) electrons. The fraction of sp³-hybridized carbons (Fsp3) is 0.167. The van der Waals surface area contributed by atoms with E-state index >= 15 is 0 Å². The first-order valence-electron chi connectivity index (χ1n) is 5.78. The van der Waals surface area contributed by atoms with Crippen LogP contribution in [0.2, 0.25) is 0 Å². The van der Waals surface area contributed by atoms with Gasteiger partial charge in [0.25, 0.3) is 0 Å². The molecule has 0 saturated carbocycles. The lowest BCUT2D eigenvalue weighted by Crippen LogP contribution is -2.06. The molecule has 0 saturated heterocycles. The normalized spacial score (nSPS) is 10.1. The minimum Gasteiger partial charge on any atom is -0.434 e. The Kier molecular flexibility index (Phi) is 4.46. The summed E-state index contributed by atoms with van der Waals surface area (Å²) in [4.78, 5) is 18.3. The number of nitrogens with zero attached hydrogens (tertiary/aromatic N) is 3. The summed E-state index contributed by atoms with van der Waals surface area (Å²) in [6.45, 7) is 2.33. The Morgan fingerprint density at radius 3 is 2.65 bits per heavy atom. The number of nitrogens with one attached hydrogen (secondary N) is 1. The van der Waals surface area contributed by atoms with Gasteiger partial charge < -0.3 is 10.1 Å². The second-order valence-corrected chi connectivity index (χ2v) is 4.64. The van der Waals surface area contributed by atoms with Crippen molar-refractivity contribution in [3.05, 3.63) is 45.2 Å². The van der Waals surface area contributed by atoms with Gasteiger partial charge in [0.15, 0.2) is 0 Å². The quantitative estimate of drug-likeness (QED) is 0.663. The van der Waals surface area contributed by atoms with E-state index in [-0.39, 0.29) is 17.4 Å². The van der Waals surface area contributed by atoms with E-state index in [1.807, 2.05) is 6.92 Å². The van der Waals surface area contributed by atoms with Gasteiger partial charge >= 0.3 is 11.6 Å². The van der Waals surface area contributed by atoms with Crippen molar-refractivity contribution in [3.63, 3.8) is 0 Å². The van der Waals surface area contributed by atoms with Crippen LogP contribution in [0.25, 0.3) is 0 Å². The van der Waals surface area contributed by atoms with Crippen molar-refractivity contribution in [1.82, 2.24) is 9.97 Å². The molecule has 0 fully saturated rings. The highest BCUT2D eigenvalue weighted by Gasteiger charge is 2.24. The maximum absolute atomic E-state index is 11.2. The van der Waals surface area contributed by atoms with E-state index in [1.54, 1.807) is 24.3 Å². The molecule has 8 heteroatoms. The summed E-state index contributed by atoms with van der Waals surface area (Å²) in [5.41, 5.74) is -0.280. The number of nitro groups is 1. The van der Waals surface area contributed by atoms with Gasteiger partial charge in [-0.15, -0.1) is 0 Å². The number of aromatic nitrogens is 2. The summed E-state index contributed by atoms with van der Waals surface area (Å²) in [6.07, 6.45) is 1.22. The topological polar surface area (TPSA) is 90.2 Å². The summed E-state index contributed by atoms with van der Waals surface area (Å²) >= 11 is 3.30. The summed E-state index contributed by atoms with van der Waals surface area (Å²) in [6, 6.07) is 6.91. The number of hydrogen-bond donors (Lipinski definition) is 1. The van der Waals surface area contributed by atoms with Crippen LogP contribution in [-0.4, -0.2) is 21.4 Å². The van der Waals surface area contributed by atoms with Crippen LogP contribution in [0.4, 0.5) is 11.5 Å². The highest BCUT2D eigenvalue weighted by atomic mass is 79.9. The number of anilines is 1. The summed E-state index contributed by atoms with van der Waals surface area (Å²) in [5, 5.41) is 14.0. The molecule has 0 amide bonds. The van der Waals surface area contributed by atoms with Crippen LogP contribution in [0.1, 0.15) is 6.92 Å². The molecule has 20 heavy (non-hydrogen) atoms. The van der Waals surface area contributed by atoms with Crippen LogP contribution in [0.15, 0.2) is 35.1 Å². The summed E-state index contributed by atoms with van der Waals surface area (Å²) in [7, 11) is 0. The third-order valence-electron chi connectivity index (χ3n) is 2.34. The number of halogens is 1. The maximum atomic E-state index is 11.2. The largest absolute Gasteiger partial charge is 0.434 e. The van der Waals surface area contributed by atoms with Crippen molar-refractivity contribution in [2.45, 2.75) is 6.92 Å². The van der Waals surface area contributed by atoms with Crippen LogP contribution in [0, 0.1) is 10.1 Å². The molecule has 0 unspecified atom stereocenters. The Hall–Kier alpha value is -2.22. The van der Waals surface area contributed by atoms with Gasteiger partial charge in [-0.2, -0.15) is 4.98 Å². The van der Waals surface area contributed by atoms with Gasteiger partial charge in [-0.1, -0.05) is 15.9 Å². The lowest BCUT2D eigenvalue weighted by molar-refractivity contribution is -0.385. The third kappa shape index (κ3) is 3.21. The molecule has 0 bridgehead atoms. The Labute approximate surface area is 123 Å². The van der Waals surface area contributed by atoms with Crippen molar-refractivity contribution in [1.29, 1.82) is 0 Å². The second-order valence-electron chi connectivity index (χ2n) is 3.72. The lowest BCUT2D eigenvalue weighted by Gasteiger charge is -2.08. The predicted molar refractivity (Wildman–Crippen MR) is 77.1 cm³/mol. The number of ether oxygens (including phenoxy) is 1. The van der Waals surface area contributed by atoms with E-state index in [4.69, 9.17) is 4.74 Å². The van der Waals surface area contributed by atoms with Crippen LogP contribution in [-0.2, 0) is 0 Å². The lowest BCUT2D eigenvalue weighted by atomic mass is 10.3. The van der Waals surface area contributed by atoms with Gasteiger partial charge in [0.1, 0.15) is 12.1 Å². The zero-order valence-electron chi connectivity index (χ0n) is 10.5. The first-order valence-corrected chi connectivity index (χ1v) is 6.57. The Bertz CT molecular complexity index is 619. The minimum atomic E-state index is -0.563. The molecule has 7 nitrogen and oxygen atoms in total. The molecule has 0 aliphatic rings. The Morgan fingerprint density at radius 2 is 2.05 bits per heavy atom. The maximum Gasteiger partial charge on any atom is 0.373 e. The zero-order chi connectivity index (χ0) is 14.5. The molecule has 1 aromatic heterocycles. The molecule has 1 heterocycles. The van der Waals surface area contributed by atoms with Crippen LogP contribution < -0.4 is 10.1 Å². The predicted octanol–water partition coefficient (Wildman–Crippen LogP) is 3.37. The van der Waals surface area contributed by atoms with E-state index in [0.717, 1.165) is 4.47 Å². The van der Waals surface area contributed by atoms with E-state index in [0.29, 0.717) is 12.3 Å². The highest BCUT2D eigenvalue weighted by molar-refractivity contribution is 9.10. The van der Waals surface area contributed by atoms with Gasteiger partial charge in [-0.3, -0.25) is 10.1 Å². The van der Waals surface area contributed by atoms with Crippen molar-refractivity contribution < 1.29 is 9.66 Å². The molecule has 0 spiro atoms. The number of hydrogen-bond acceptors (Lipinski definition) is 6. The average molecular weight is 339 g/mol. The van der Waals surface area contributed by atoms with Gasteiger partial charge in [0.2, 0.25) is 5.82 Å². The SMILES string of the molecule is CCNc1ncnc(Oc2ccc(Br)cc2)c1[N+](=O)[O-]. The molecule has 2 aromatic rings. The fourth-order valence-electron chi connectivity index (χ4n) is 1.51. The Balaban J connectivity index is 2.37. The first-order chi connectivity index (χ1) is 9.61. The molecular formula is C12H11BrN4O3. The van der Waals surface area contributed by atoms with Crippen molar-refractivity contribution >= 4 is 27.4 Å². The summed E-state index contributed by atoms with van der Waals surface area (Å²) < 4.78 is 6.34. The van der Waals surface area contributed by atoms with Crippen LogP contribution in [0.3, 0.4) is 0 Å². The second kappa shape index (κ2) is 6.29.